The summed E-state index contributed by atoms with van der Waals surface area (Å²) in [5, 5.41) is 10.3. The third kappa shape index (κ3) is 4.53. The molecule has 0 bridgehead atoms. The quantitative estimate of drug-likeness (QED) is 0.270. The van der Waals surface area contributed by atoms with Crippen LogP contribution in [0.3, 0.4) is 0 Å². The first-order valence-corrected chi connectivity index (χ1v) is 4.71. The van der Waals surface area contributed by atoms with E-state index in [4.69, 9.17) is 0 Å². The monoisotopic (exact) mass is 217 g/mol. The van der Waals surface area contributed by atoms with Crippen molar-refractivity contribution < 1.29 is 19.2 Å². The minimum atomic E-state index is -0.970. The van der Waals surface area contributed by atoms with Crippen LogP contribution in [0.5, 0.6) is 0 Å². The Morgan fingerprint density at radius 1 is 1.60 bits per heavy atom. The Morgan fingerprint density at radius 3 is 2.53 bits per heavy atom. The third-order valence-corrected chi connectivity index (χ3v) is 2.16. The van der Waals surface area contributed by atoms with Crippen molar-refractivity contribution in [1.29, 1.82) is 0 Å². The number of carbonyl (C=O) groups excluding carboxylic acids is 2. The molecule has 0 spiro atoms. The number of hydrogen-bond donors (Lipinski definition) is 0. The summed E-state index contributed by atoms with van der Waals surface area (Å²) >= 11 is 0. The summed E-state index contributed by atoms with van der Waals surface area (Å²) in [7, 11) is 1.16. The lowest BCUT2D eigenvalue weighted by Crippen LogP contribution is -2.32. The van der Waals surface area contributed by atoms with Crippen molar-refractivity contribution in [3.05, 3.63) is 10.1 Å². The molecule has 0 amide bonds. The highest BCUT2D eigenvalue weighted by Gasteiger charge is 2.32. The van der Waals surface area contributed by atoms with Crippen molar-refractivity contribution in [2.24, 2.45) is 11.8 Å². The summed E-state index contributed by atoms with van der Waals surface area (Å²) in [6.07, 6.45) is 1.74. The van der Waals surface area contributed by atoms with Gasteiger partial charge >= 0.3 is 5.97 Å². The number of rotatable bonds is 7. The van der Waals surface area contributed by atoms with E-state index < -0.39 is 29.3 Å². The fourth-order valence-electron chi connectivity index (χ4n) is 1.39. The normalized spacial score (nSPS) is 14.0. The highest BCUT2D eigenvalue weighted by molar-refractivity contribution is 5.76. The summed E-state index contributed by atoms with van der Waals surface area (Å²) in [5.74, 6) is -2.30. The van der Waals surface area contributed by atoms with Gasteiger partial charge in [0, 0.05) is 10.8 Å². The number of carbonyl (C=O) groups is 2. The number of ether oxygens (including phenoxy) is 1. The Hall–Kier alpha value is -1.46. The van der Waals surface area contributed by atoms with E-state index in [-0.39, 0.29) is 0 Å². The maximum atomic E-state index is 11.2. The van der Waals surface area contributed by atoms with Crippen molar-refractivity contribution in [2.45, 2.75) is 19.8 Å². The maximum absolute atomic E-state index is 11.2. The van der Waals surface area contributed by atoms with Gasteiger partial charge in [0.25, 0.3) is 0 Å². The number of nitro groups is 1. The molecule has 0 heterocycles. The predicted molar refractivity (Wildman–Crippen MR) is 51.8 cm³/mol. The Bertz CT molecular complexity index is 241. The second-order valence-corrected chi connectivity index (χ2v) is 3.23. The highest BCUT2D eigenvalue weighted by atomic mass is 16.6. The fraction of sp³-hybridized carbons (Fsp3) is 0.778. The summed E-state index contributed by atoms with van der Waals surface area (Å²) in [6, 6.07) is 0. The standard InChI is InChI=1S/C9H15NO5/c1-3-4-7(6-11)8(5-10(13)14)9(12)15-2/h6-8H,3-5H2,1-2H3/t7-,8+/m0/s1. The molecule has 0 saturated carbocycles. The van der Waals surface area contributed by atoms with Crippen molar-refractivity contribution in [3.63, 3.8) is 0 Å². The van der Waals surface area contributed by atoms with E-state index in [9.17, 15) is 19.7 Å². The van der Waals surface area contributed by atoms with Crippen LogP contribution in [0.2, 0.25) is 0 Å². The number of esters is 1. The number of aldehydes is 1. The van der Waals surface area contributed by atoms with Crippen molar-refractivity contribution in [1.82, 2.24) is 0 Å². The van der Waals surface area contributed by atoms with E-state index in [1.54, 1.807) is 0 Å². The summed E-state index contributed by atoms with van der Waals surface area (Å²) < 4.78 is 4.44. The van der Waals surface area contributed by atoms with E-state index in [1.807, 2.05) is 6.92 Å². The molecule has 0 aliphatic heterocycles. The van der Waals surface area contributed by atoms with Gasteiger partial charge in [0.05, 0.1) is 7.11 Å². The molecular weight excluding hydrogens is 202 g/mol. The van der Waals surface area contributed by atoms with Gasteiger partial charge in [-0.2, -0.15) is 0 Å². The lowest BCUT2D eigenvalue weighted by molar-refractivity contribution is -0.487. The third-order valence-electron chi connectivity index (χ3n) is 2.16. The van der Waals surface area contributed by atoms with Crippen LogP contribution in [0.15, 0.2) is 0 Å². The van der Waals surface area contributed by atoms with Gasteiger partial charge in [-0.1, -0.05) is 13.3 Å². The Labute approximate surface area is 87.7 Å². The van der Waals surface area contributed by atoms with Crippen LogP contribution in [0, 0.1) is 22.0 Å². The average molecular weight is 217 g/mol. The summed E-state index contributed by atoms with van der Waals surface area (Å²) in [5.41, 5.74) is 0. The molecule has 0 rings (SSSR count). The molecule has 0 aromatic heterocycles. The van der Waals surface area contributed by atoms with E-state index in [0.29, 0.717) is 19.1 Å². The van der Waals surface area contributed by atoms with Gasteiger partial charge in [-0.3, -0.25) is 14.9 Å². The summed E-state index contributed by atoms with van der Waals surface area (Å²) in [4.78, 5) is 31.7. The molecule has 6 nitrogen and oxygen atoms in total. The molecule has 0 aliphatic carbocycles. The smallest absolute Gasteiger partial charge is 0.316 e. The zero-order valence-electron chi connectivity index (χ0n) is 8.84. The second-order valence-electron chi connectivity index (χ2n) is 3.23. The second kappa shape index (κ2) is 6.92. The number of nitrogens with zero attached hydrogens (tertiary/aromatic N) is 1. The van der Waals surface area contributed by atoms with Crippen molar-refractivity contribution in [2.75, 3.05) is 13.7 Å². The fourth-order valence-corrected chi connectivity index (χ4v) is 1.39. The van der Waals surface area contributed by atoms with Gasteiger partial charge in [0.2, 0.25) is 6.54 Å². The first kappa shape index (κ1) is 13.5. The molecule has 0 N–H and O–H groups in total. The molecule has 0 radical (unpaired) electrons. The molecule has 15 heavy (non-hydrogen) atoms. The molecule has 0 saturated heterocycles. The molecule has 86 valence electrons. The largest absolute Gasteiger partial charge is 0.469 e. The molecular formula is C9H15NO5. The zero-order chi connectivity index (χ0) is 11.8. The van der Waals surface area contributed by atoms with Crippen LogP contribution < -0.4 is 0 Å². The predicted octanol–water partition coefficient (Wildman–Crippen LogP) is 0.667. The Kier molecular flexibility index (Phi) is 6.24. The van der Waals surface area contributed by atoms with Gasteiger partial charge in [0.1, 0.15) is 12.2 Å². The van der Waals surface area contributed by atoms with Gasteiger partial charge in [-0.05, 0) is 6.42 Å². The zero-order valence-corrected chi connectivity index (χ0v) is 8.84. The first-order valence-electron chi connectivity index (χ1n) is 4.71. The van der Waals surface area contributed by atoms with Gasteiger partial charge < -0.3 is 9.53 Å². The number of hydrogen-bond acceptors (Lipinski definition) is 5. The lowest BCUT2D eigenvalue weighted by atomic mass is 9.90. The van der Waals surface area contributed by atoms with Gasteiger partial charge in [-0.15, -0.1) is 0 Å². The highest BCUT2D eigenvalue weighted by Crippen LogP contribution is 2.17. The molecule has 0 aromatic carbocycles. The van der Waals surface area contributed by atoms with Crippen LogP contribution in [0.25, 0.3) is 0 Å². The molecule has 2 atom stereocenters. The molecule has 0 fully saturated rings. The van der Waals surface area contributed by atoms with Crippen molar-refractivity contribution >= 4 is 12.3 Å². The topological polar surface area (TPSA) is 86.5 Å². The SMILES string of the molecule is CCC[C@@H](C=O)[C@@H](C[N+](=O)[O-])C(=O)OC. The van der Waals surface area contributed by atoms with Gasteiger partial charge in [0.15, 0.2) is 0 Å². The van der Waals surface area contributed by atoms with Crippen molar-refractivity contribution in [3.8, 4) is 0 Å². The van der Waals surface area contributed by atoms with Gasteiger partial charge in [-0.25, -0.2) is 0 Å². The van der Waals surface area contributed by atoms with Crippen LogP contribution in [0.1, 0.15) is 19.8 Å². The maximum Gasteiger partial charge on any atom is 0.316 e. The molecule has 0 unspecified atom stereocenters. The van der Waals surface area contributed by atoms with Crippen LogP contribution in [-0.2, 0) is 14.3 Å². The van der Waals surface area contributed by atoms with Crippen LogP contribution in [-0.4, -0.2) is 30.8 Å². The molecule has 0 aliphatic rings. The number of methoxy groups -OCH3 is 1. The first-order chi connectivity index (χ1) is 7.06. The van der Waals surface area contributed by atoms with E-state index in [2.05, 4.69) is 4.74 Å². The van der Waals surface area contributed by atoms with Crippen LogP contribution >= 0.6 is 0 Å². The summed E-state index contributed by atoms with van der Waals surface area (Å²) in [6.45, 7) is 1.28. The lowest BCUT2D eigenvalue weighted by Gasteiger charge is -2.16. The molecule has 6 heteroatoms. The van der Waals surface area contributed by atoms with E-state index >= 15 is 0 Å². The minimum Gasteiger partial charge on any atom is -0.469 e. The Balaban J connectivity index is 4.63. The van der Waals surface area contributed by atoms with E-state index in [1.165, 1.54) is 0 Å². The minimum absolute atomic E-state index is 0.455. The molecule has 0 aromatic rings. The van der Waals surface area contributed by atoms with E-state index in [0.717, 1.165) is 7.11 Å². The van der Waals surface area contributed by atoms with Crippen LogP contribution in [0.4, 0.5) is 0 Å². The Morgan fingerprint density at radius 2 is 2.20 bits per heavy atom. The average Bonchev–Trinajstić information content (AvgIpc) is 2.21.